The Kier molecular flexibility index (Phi) is 3.69. The Labute approximate surface area is 113 Å². The lowest BCUT2D eigenvalue weighted by Crippen LogP contribution is -2.45. The maximum absolute atomic E-state index is 14.1. The predicted molar refractivity (Wildman–Crippen MR) is 71.7 cm³/mol. The van der Waals surface area contributed by atoms with Crippen LogP contribution in [0.2, 0.25) is 0 Å². The third-order valence-electron chi connectivity index (χ3n) is 4.34. The van der Waals surface area contributed by atoms with Crippen molar-refractivity contribution < 1.29 is 13.9 Å². The molecule has 19 heavy (non-hydrogen) atoms. The maximum Gasteiger partial charge on any atom is 0.164 e. The molecule has 0 heterocycles. The third kappa shape index (κ3) is 2.53. The van der Waals surface area contributed by atoms with Crippen LogP contribution in [0.3, 0.4) is 0 Å². The van der Waals surface area contributed by atoms with Crippen LogP contribution >= 0.6 is 0 Å². The first kappa shape index (κ1) is 14.4. The van der Waals surface area contributed by atoms with Crippen molar-refractivity contribution in [3.63, 3.8) is 0 Å². The minimum atomic E-state index is -1.26. The van der Waals surface area contributed by atoms with E-state index in [1.807, 2.05) is 20.8 Å². The van der Waals surface area contributed by atoms with Gasteiger partial charge in [0.05, 0.1) is 5.60 Å². The van der Waals surface area contributed by atoms with Crippen molar-refractivity contribution in [2.75, 3.05) is 0 Å². The summed E-state index contributed by atoms with van der Waals surface area (Å²) in [4.78, 5) is 0. The van der Waals surface area contributed by atoms with Crippen molar-refractivity contribution in [1.29, 1.82) is 0 Å². The van der Waals surface area contributed by atoms with Crippen molar-refractivity contribution in [2.24, 2.45) is 11.3 Å². The minimum Gasteiger partial charge on any atom is -0.385 e. The van der Waals surface area contributed by atoms with Gasteiger partial charge in [-0.05, 0) is 30.2 Å². The molecule has 0 saturated heterocycles. The summed E-state index contributed by atoms with van der Waals surface area (Å²) in [5.74, 6) is -1.85. The number of halogens is 2. The molecule has 1 saturated carbocycles. The largest absolute Gasteiger partial charge is 0.385 e. The molecule has 1 N–H and O–H groups in total. The van der Waals surface area contributed by atoms with Crippen molar-refractivity contribution in [1.82, 2.24) is 0 Å². The van der Waals surface area contributed by atoms with Gasteiger partial charge in [-0.2, -0.15) is 0 Å². The van der Waals surface area contributed by atoms with Gasteiger partial charge in [-0.25, -0.2) is 8.78 Å². The van der Waals surface area contributed by atoms with Crippen LogP contribution in [0.25, 0.3) is 0 Å². The van der Waals surface area contributed by atoms with Gasteiger partial charge in [0.2, 0.25) is 0 Å². The molecule has 0 aliphatic heterocycles. The van der Waals surface area contributed by atoms with E-state index < -0.39 is 17.2 Å². The molecule has 1 nitrogen and oxygen atoms in total. The lowest BCUT2D eigenvalue weighted by atomic mass is 9.61. The van der Waals surface area contributed by atoms with E-state index in [4.69, 9.17) is 0 Å². The zero-order valence-corrected chi connectivity index (χ0v) is 11.8. The summed E-state index contributed by atoms with van der Waals surface area (Å²) < 4.78 is 27.5. The second kappa shape index (κ2) is 4.86. The Hall–Kier alpha value is -0.960. The number of aliphatic hydroxyl groups is 1. The number of hydrogen-bond acceptors (Lipinski definition) is 1. The Morgan fingerprint density at radius 1 is 1.21 bits per heavy atom. The SMILES string of the molecule is CC(C)(C)C1CCCCC1(O)c1cccc(F)c1F. The molecule has 1 aliphatic carbocycles. The molecule has 1 aromatic carbocycles. The second-order valence-electron chi connectivity index (χ2n) is 6.69. The van der Waals surface area contributed by atoms with Gasteiger partial charge in [0, 0.05) is 5.56 Å². The van der Waals surface area contributed by atoms with Crippen LogP contribution in [-0.2, 0) is 5.60 Å². The van der Waals surface area contributed by atoms with Gasteiger partial charge < -0.3 is 5.11 Å². The highest BCUT2D eigenvalue weighted by Crippen LogP contribution is 2.50. The van der Waals surface area contributed by atoms with Crippen LogP contribution in [0.5, 0.6) is 0 Å². The molecule has 2 unspecified atom stereocenters. The molecule has 1 aromatic rings. The van der Waals surface area contributed by atoms with Gasteiger partial charge in [0.1, 0.15) is 0 Å². The van der Waals surface area contributed by atoms with Crippen molar-refractivity contribution in [3.05, 3.63) is 35.4 Å². The fourth-order valence-corrected chi connectivity index (χ4v) is 3.47. The summed E-state index contributed by atoms with van der Waals surface area (Å²) in [5.41, 5.74) is -1.29. The Balaban J connectivity index is 2.51. The van der Waals surface area contributed by atoms with Gasteiger partial charge in [0.15, 0.2) is 11.6 Å². The first-order valence-corrected chi connectivity index (χ1v) is 6.93. The molecular weight excluding hydrogens is 246 g/mol. The quantitative estimate of drug-likeness (QED) is 0.801. The van der Waals surface area contributed by atoms with Crippen molar-refractivity contribution in [2.45, 2.75) is 52.1 Å². The highest BCUT2D eigenvalue weighted by atomic mass is 19.2. The molecule has 0 aromatic heterocycles. The van der Waals surface area contributed by atoms with Crippen molar-refractivity contribution in [3.8, 4) is 0 Å². The summed E-state index contributed by atoms with van der Waals surface area (Å²) in [7, 11) is 0. The number of rotatable bonds is 1. The highest BCUT2D eigenvalue weighted by molar-refractivity contribution is 5.27. The minimum absolute atomic E-state index is 0.0648. The Bertz CT molecular complexity index is 464. The first-order chi connectivity index (χ1) is 8.77. The molecular formula is C16H22F2O. The summed E-state index contributed by atoms with van der Waals surface area (Å²) >= 11 is 0. The summed E-state index contributed by atoms with van der Waals surface area (Å²) in [6.45, 7) is 6.14. The molecule has 0 bridgehead atoms. The lowest BCUT2D eigenvalue weighted by Gasteiger charge is -2.47. The van der Waals surface area contributed by atoms with Gasteiger partial charge in [-0.3, -0.25) is 0 Å². The fraction of sp³-hybridized carbons (Fsp3) is 0.625. The van der Waals surface area contributed by atoms with Gasteiger partial charge in [-0.1, -0.05) is 45.7 Å². The third-order valence-corrected chi connectivity index (χ3v) is 4.34. The molecule has 0 spiro atoms. The van der Waals surface area contributed by atoms with Gasteiger partial charge >= 0.3 is 0 Å². The molecule has 1 fully saturated rings. The van der Waals surface area contributed by atoms with E-state index in [1.54, 1.807) is 0 Å². The van der Waals surface area contributed by atoms with E-state index in [-0.39, 0.29) is 16.9 Å². The van der Waals surface area contributed by atoms with E-state index in [9.17, 15) is 13.9 Å². The predicted octanol–water partition coefficient (Wildman–Crippen LogP) is 4.39. The first-order valence-electron chi connectivity index (χ1n) is 6.93. The molecule has 0 amide bonds. The maximum atomic E-state index is 14.1. The van der Waals surface area contributed by atoms with Gasteiger partial charge in [0.25, 0.3) is 0 Å². The van der Waals surface area contributed by atoms with Crippen LogP contribution in [0.4, 0.5) is 8.78 Å². The summed E-state index contributed by atoms with van der Waals surface area (Å²) in [6.07, 6.45) is 3.21. The van der Waals surface area contributed by atoms with Crippen LogP contribution in [-0.4, -0.2) is 5.11 Å². The van der Waals surface area contributed by atoms with E-state index in [1.165, 1.54) is 12.1 Å². The normalized spacial score (nSPS) is 28.4. The van der Waals surface area contributed by atoms with E-state index in [0.29, 0.717) is 6.42 Å². The molecule has 106 valence electrons. The van der Waals surface area contributed by atoms with E-state index in [0.717, 1.165) is 25.3 Å². The fourth-order valence-electron chi connectivity index (χ4n) is 3.47. The van der Waals surface area contributed by atoms with Crippen LogP contribution in [0, 0.1) is 23.0 Å². The second-order valence-corrected chi connectivity index (χ2v) is 6.69. The van der Waals surface area contributed by atoms with Crippen molar-refractivity contribution >= 4 is 0 Å². The lowest BCUT2D eigenvalue weighted by molar-refractivity contribution is -0.0983. The van der Waals surface area contributed by atoms with Crippen LogP contribution in [0.15, 0.2) is 18.2 Å². The van der Waals surface area contributed by atoms with E-state index >= 15 is 0 Å². The van der Waals surface area contributed by atoms with Crippen LogP contribution < -0.4 is 0 Å². The smallest absolute Gasteiger partial charge is 0.164 e. The molecule has 3 heteroatoms. The molecule has 1 aliphatic rings. The number of hydrogen-bond donors (Lipinski definition) is 1. The Morgan fingerprint density at radius 2 is 1.89 bits per heavy atom. The zero-order chi connectivity index (χ0) is 14.3. The highest BCUT2D eigenvalue weighted by Gasteiger charge is 2.47. The average molecular weight is 268 g/mol. The van der Waals surface area contributed by atoms with Crippen LogP contribution in [0.1, 0.15) is 52.0 Å². The Morgan fingerprint density at radius 3 is 2.53 bits per heavy atom. The zero-order valence-electron chi connectivity index (χ0n) is 11.8. The summed E-state index contributed by atoms with van der Waals surface area (Å²) in [5, 5.41) is 11.0. The standard InChI is InChI=1S/C16H22F2O/c1-15(2,3)13-9-4-5-10-16(13,19)11-7-6-8-12(17)14(11)18/h6-8,13,19H,4-5,9-10H2,1-3H3. The molecule has 2 rings (SSSR count). The average Bonchev–Trinajstić information content (AvgIpc) is 2.31. The monoisotopic (exact) mass is 268 g/mol. The van der Waals surface area contributed by atoms with E-state index in [2.05, 4.69) is 0 Å². The topological polar surface area (TPSA) is 20.2 Å². The molecule has 2 atom stereocenters. The van der Waals surface area contributed by atoms with Gasteiger partial charge in [-0.15, -0.1) is 0 Å². The summed E-state index contributed by atoms with van der Waals surface area (Å²) in [6, 6.07) is 4.08. The molecule has 0 radical (unpaired) electrons. The number of benzene rings is 1.